The van der Waals surface area contributed by atoms with Crippen molar-refractivity contribution < 1.29 is 22.8 Å². The van der Waals surface area contributed by atoms with Crippen molar-refractivity contribution in [3.05, 3.63) is 64.6 Å². The Balaban J connectivity index is 1.58. The highest BCUT2D eigenvalue weighted by atomic mass is 32.2. The van der Waals surface area contributed by atoms with Gasteiger partial charge in [-0.25, -0.2) is 0 Å². The lowest BCUT2D eigenvalue weighted by Crippen LogP contribution is -2.45. The molecule has 1 heterocycles. The first-order valence-electron chi connectivity index (χ1n) is 10.1. The first-order valence-corrected chi connectivity index (χ1v) is 10.9. The highest BCUT2D eigenvalue weighted by Crippen LogP contribution is 2.42. The van der Waals surface area contributed by atoms with Crippen molar-refractivity contribution in [3.8, 4) is 0 Å². The lowest BCUT2D eigenvalue weighted by molar-refractivity contribution is -0.137. The van der Waals surface area contributed by atoms with Gasteiger partial charge in [-0.3, -0.25) is 14.5 Å². The zero-order valence-corrected chi connectivity index (χ0v) is 17.4. The highest BCUT2D eigenvalue weighted by molar-refractivity contribution is 8.04. The number of alkyl halides is 3. The van der Waals surface area contributed by atoms with Gasteiger partial charge in [0.05, 0.1) is 16.2 Å². The van der Waals surface area contributed by atoms with Gasteiger partial charge in [-0.1, -0.05) is 48.9 Å². The van der Waals surface area contributed by atoms with Crippen LogP contribution in [0.25, 0.3) is 6.08 Å². The van der Waals surface area contributed by atoms with Gasteiger partial charge >= 0.3 is 6.18 Å². The van der Waals surface area contributed by atoms with Crippen LogP contribution in [0.2, 0.25) is 0 Å². The molecule has 0 radical (unpaired) electrons. The number of halogens is 3. The maximum Gasteiger partial charge on any atom is 0.416 e. The smallest absolute Gasteiger partial charge is 0.352 e. The van der Waals surface area contributed by atoms with Crippen LogP contribution < -0.4 is 10.2 Å². The SMILES string of the molecule is O=C(CN1C(=O)/C(=C/c2ccc(C(F)(F)F)cc2)Sc2ccccc21)NC1CCCC1. The van der Waals surface area contributed by atoms with Gasteiger partial charge in [0.15, 0.2) is 0 Å². The summed E-state index contributed by atoms with van der Waals surface area (Å²) in [4.78, 5) is 28.4. The second-order valence-electron chi connectivity index (χ2n) is 7.64. The van der Waals surface area contributed by atoms with Crippen molar-refractivity contribution in [1.82, 2.24) is 5.32 Å². The van der Waals surface area contributed by atoms with Gasteiger partial charge in [0.1, 0.15) is 6.54 Å². The summed E-state index contributed by atoms with van der Waals surface area (Å²) in [6.45, 7) is -0.0999. The van der Waals surface area contributed by atoms with Gasteiger partial charge in [0.25, 0.3) is 5.91 Å². The summed E-state index contributed by atoms with van der Waals surface area (Å²) in [5.74, 6) is -0.555. The molecular weight excluding hydrogens is 425 g/mol. The zero-order valence-electron chi connectivity index (χ0n) is 16.6. The number of anilines is 1. The molecule has 0 saturated heterocycles. The number of nitrogens with one attached hydrogen (secondary N) is 1. The minimum absolute atomic E-state index is 0.0999. The minimum Gasteiger partial charge on any atom is -0.352 e. The third-order valence-corrected chi connectivity index (χ3v) is 6.47. The molecule has 1 N–H and O–H groups in total. The minimum atomic E-state index is -4.41. The number of nitrogens with zero attached hydrogens (tertiary/aromatic N) is 1. The quantitative estimate of drug-likeness (QED) is 0.653. The Labute approximate surface area is 182 Å². The number of carbonyl (C=O) groups excluding carboxylic acids is 2. The molecular formula is C23H21F3N2O2S. The normalized spacial score (nSPS) is 18.4. The number of rotatable bonds is 4. The van der Waals surface area contributed by atoms with E-state index in [-0.39, 0.29) is 24.4 Å². The molecule has 0 atom stereocenters. The number of hydrogen-bond acceptors (Lipinski definition) is 3. The molecule has 1 fully saturated rings. The van der Waals surface area contributed by atoms with Gasteiger partial charge in [0, 0.05) is 10.9 Å². The second-order valence-corrected chi connectivity index (χ2v) is 8.72. The maximum absolute atomic E-state index is 13.2. The van der Waals surface area contributed by atoms with Crippen LogP contribution in [0.4, 0.5) is 18.9 Å². The largest absolute Gasteiger partial charge is 0.416 e. The van der Waals surface area contributed by atoms with E-state index in [0.717, 1.165) is 42.7 Å². The molecule has 0 bridgehead atoms. The van der Waals surface area contributed by atoms with Crippen LogP contribution in [0.3, 0.4) is 0 Å². The van der Waals surface area contributed by atoms with E-state index < -0.39 is 11.7 Å². The molecule has 1 aliphatic heterocycles. The average molecular weight is 446 g/mol. The number of hydrogen-bond donors (Lipinski definition) is 1. The topological polar surface area (TPSA) is 49.4 Å². The van der Waals surface area contributed by atoms with Gasteiger partial charge in [-0.05, 0) is 48.7 Å². The molecule has 4 rings (SSSR count). The van der Waals surface area contributed by atoms with E-state index in [0.29, 0.717) is 16.2 Å². The first kappa shape index (κ1) is 21.5. The first-order chi connectivity index (χ1) is 14.8. The Kier molecular flexibility index (Phi) is 6.09. The van der Waals surface area contributed by atoms with E-state index in [1.54, 1.807) is 18.2 Å². The molecule has 2 aromatic carbocycles. The van der Waals surface area contributed by atoms with Gasteiger partial charge in [-0.2, -0.15) is 13.2 Å². The van der Waals surface area contributed by atoms with E-state index in [1.807, 2.05) is 12.1 Å². The van der Waals surface area contributed by atoms with Crippen molar-refractivity contribution in [1.29, 1.82) is 0 Å². The van der Waals surface area contributed by atoms with Gasteiger partial charge < -0.3 is 5.32 Å². The third kappa shape index (κ3) is 4.95. The summed E-state index contributed by atoms with van der Waals surface area (Å²) in [5.41, 5.74) is 0.398. The number of para-hydroxylation sites is 1. The monoisotopic (exact) mass is 446 g/mol. The summed E-state index contributed by atoms with van der Waals surface area (Å²) in [6, 6.07) is 12.1. The Morgan fingerprint density at radius 3 is 2.45 bits per heavy atom. The van der Waals surface area contributed by atoms with E-state index in [1.165, 1.54) is 28.8 Å². The third-order valence-electron chi connectivity index (χ3n) is 5.39. The van der Waals surface area contributed by atoms with Crippen LogP contribution in [0.5, 0.6) is 0 Å². The standard InChI is InChI=1S/C23H21F3N2O2S/c24-23(25,26)16-11-9-15(10-12-16)13-20-22(30)28(18-7-3-4-8-19(18)31-20)14-21(29)27-17-5-1-2-6-17/h3-4,7-13,17H,1-2,5-6,14H2,(H,27,29)/b20-13-. The van der Waals surface area contributed by atoms with Crippen molar-refractivity contribution in [2.45, 2.75) is 42.8 Å². The van der Waals surface area contributed by atoms with Crippen LogP contribution >= 0.6 is 11.8 Å². The summed E-state index contributed by atoms with van der Waals surface area (Å²) in [6.07, 6.45) is 1.23. The van der Waals surface area contributed by atoms with Crippen LogP contribution in [0.1, 0.15) is 36.8 Å². The molecule has 2 amide bonds. The number of thioether (sulfide) groups is 1. The van der Waals surface area contributed by atoms with Crippen molar-refractivity contribution >= 4 is 35.3 Å². The molecule has 2 aliphatic rings. The summed E-state index contributed by atoms with van der Waals surface area (Å²) in [7, 11) is 0. The number of benzene rings is 2. The number of carbonyl (C=O) groups is 2. The fourth-order valence-corrected chi connectivity index (χ4v) is 4.88. The molecule has 2 aromatic rings. The highest BCUT2D eigenvalue weighted by Gasteiger charge is 2.32. The van der Waals surface area contributed by atoms with Gasteiger partial charge in [0.2, 0.25) is 5.91 Å². The van der Waals surface area contributed by atoms with Crippen molar-refractivity contribution in [2.75, 3.05) is 11.4 Å². The molecule has 31 heavy (non-hydrogen) atoms. The molecule has 1 aliphatic carbocycles. The molecule has 1 saturated carbocycles. The maximum atomic E-state index is 13.2. The number of fused-ring (bicyclic) bond motifs is 1. The Morgan fingerprint density at radius 1 is 1.10 bits per heavy atom. The molecule has 0 unspecified atom stereocenters. The lowest BCUT2D eigenvalue weighted by atomic mass is 10.1. The van der Waals surface area contributed by atoms with Crippen molar-refractivity contribution in [3.63, 3.8) is 0 Å². The van der Waals surface area contributed by atoms with Crippen LogP contribution in [0.15, 0.2) is 58.3 Å². The fraction of sp³-hybridized carbons (Fsp3) is 0.304. The zero-order chi connectivity index (χ0) is 22.0. The van der Waals surface area contributed by atoms with E-state index in [4.69, 9.17) is 0 Å². The average Bonchev–Trinajstić information content (AvgIpc) is 3.24. The summed E-state index contributed by atoms with van der Waals surface area (Å²) >= 11 is 1.25. The van der Waals surface area contributed by atoms with E-state index in [2.05, 4.69) is 5.32 Å². The molecule has 0 spiro atoms. The Bertz CT molecular complexity index is 1010. The molecule has 8 heteroatoms. The predicted molar refractivity (Wildman–Crippen MR) is 114 cm³/mol. The summed E-state index contributed by atoms with van der Waals surface area (Å²) in [5, 5.41) is 3.00. The molecule has 4 nitrogen and oxygen atoms in total. The van der Waals surface area contributed by atoms with Crippen LogP contribution in [-0.2, 0) is 15.8 Å². The van der Waals surface area contributed by atoms with Crippen molar-refractivity contribution in [2.24, 2.45) is 0 Å². The Morgan fingerprint density at radius 2 is 1.77 bits per heavy atom. The van der Waals surface area contributed by atoms with E-state index in [9.17, 15) is 22.8 Å². The Hall–Kier alpha value is -2.74. The fourth-order valence-electron chi connectivity index (χ4n) is 3.83. The summed E-state index contributed by atoms with van der Waals surface area (Å²) < 4.78 is 38.4. The lowest BCUT2D eigenvalue weighted by Gasteiger charge is -2.30. The van der Waals surface area contributed by atoms with Crippen LogP contribution in [-0.4, -0.2) is 24.4 Å². The van der Waals surface area contributed by atoms with E-state index >= 15 is 0 Å². The second kappa shape index (κ2) is 8.78. The van der Waals surface area contributed by atoms with Gasteiger partial charge in [-0.15, -0.1) is 0 Å². The molecule has 0 aromatic heterocycles. The predicted octanol–water partition coefficient (Wildman–Crippen LogP) is 5.24. The van der Waals surface area contributed by atoms with Crippen LogP contribution in [0, 0.1) is 0 Å². The number of amides is 2. The molecule has 162 valence electrons.